The van der Waals surface area contributed by atoms with Gasteiger partial charge >= 0.3 is 6.18 Å². The summed E-state index contributed by atoms with van der Waals surface area (Å²) in [5, 5.41) is 24.9. The predicted molar refractivity (Wildman–Crippen MR) is 185 cm³/mol. The maximum atomic E-state index is 14.1. The molecule has 0 radical (unpaired) electrons. The van der Waals surface area contributed by atoms with Crippen LogP contribution in [0.15, 0.2) is 102 Å². The second-order valence-electron chi connectivity index (χ2n) is 12.2. The first-order valence-electron chi connectivity index (χ1n) is 15.4. The number of carbonyl (C=O) groups excluding carboxylic acids is 1. The molecule has 2 aliphatic carbocycles. The maximum absolute atomic E-state index is 14.1. The van der Waals surface area contributed by atoms with Crippen LogP contribution in [0.5, 0.6) is 0 Å². The normalized spacial score (nSPS) is 21.8. The van der Waals surface area contributed by atoms with Gasteiger partial charge in [0.05, 0.1) is 34.6 Å². The molecule has 4 atom stereocenters. The topological polar surface area (TPSA) is 85.4 Å². The van der Waals surface area contributed by atoms with Crippen LogP contribution in [0.1, 0.15) is 85.9 Å². The minimum Gasteiger partial charge on any atom is -0.384 e. The highest BCUT2D eigenvalue weighted by Gasteiger charge is 2.44. The number of ketones is 1. The zero-order valence-corrected chi connectivity index (χ0v) is 26.9. The van der Waals surface area contributed by atoms with Gasteiger partial charge < -0.3 is 26.4 Å². The number of aliphatic hydroxyl groups excluding tert-OH is 1. The Morgan fingerprint density at radius 2 is 1.35 bits per heavy atom. The standard InChI is InChI=1S/C37H27F3N4O2S2/c1-17(19-8-2-3-9-20(19)29-27-30(42-35(47)41-29)21-10-4-5-11-23(21)33(27)45)18-14-15-22-25(16-18)34(46)28-31(22)43-36(48)44-32(28)24-12-6-7-13-26(24)37(38,39)40/h2-17,29,32,34,46H,1H3,(H2,41,42,47)(H2,43,44,48). The molecule has 48 heavy (non-hydrogen) atoms. The van der Waals surface area contributed by atoms with Gasteiger partial charge in [-0.15, -0.1) is 0 Å². The van der Waals surface area contributed by atoms with Gasteiger partial charge in [0.15, 0.2) is 16.0 Å². The van der Waals surface area contributed by atoms with Crippen molar-refractivity contribution in [2.75, 3.05) is 0 Å². The molecule has 11 heteroatoms. The third kappa shape index (κ3) is 4.68. The van der Waals surface area contributed by atoms with E-state index in [0.717, 1.165) is 28.3 Å². The van der Waals surface area contributed by atoms with Crippen molar-refractivity contribution in [3.05, 3.63) is 152 Å². The van der Waals surface area contributed by atoms with Crippen molar-refractivity contribution in [3.63, 3.8) is 0 Å². The molecule has 5 N–H and O–H groups in total. The number of hydrogen-bond donors (Lipinski definition) is 5. The summed E-state index contributed by atoms with van der Waals surface area (Å²) >= 11 is 11.0. The molecule has 4 aromatic carbocycles. The zero-order chi connectivity index (χ0) is 33.5. The number of halogens is 3. The van der Waals surface area contributed by atoms with Gasteiger partial charge in [0, 0.05) is 28.2 Å². The molecule has 0 saturated carbocycles. The lowest BCUT2D eigenvalue weighted by Gasteiger charge is -2.32. The van der Waals surface area contributed by atoms with Crippen molar-refractivity contribution in [3.8, 4) is 0 Å². The van der Waals surface area contributed by atoms with Gasteiger partial charge in [-0.25, -0.2) is 0 Å². The molecule has 0 amide bonds. The van der Waals surface area contributed by atoms with E-state index in [1.807, 2.05) is 73.7 Å². The molecule has 4 unspecified atom stereocenters. The van der Waals surface area contributed by atoms with E-state index in [2.05, 4.69) is 21.3 Å². The summed E-state index contributed by atoms with van der Waals surface area (Å²) in [4.78, 5) is 13.7. The largest absolute Gasteiger partial charge is 0.416 e. The molecule has 4 aliphatic rings. The first kappa shape index (κ1) is 30.5. The zero-order valence-electron chi connectivity index (χ0n) is 25.3. The van der Waals surface area contributed by atoms with Gasteiger partial charge in [0.1, 0.15) is 6.10 Å². The van der Waals surface area contributed by atoms with Crippen LogP contribution in [0.25, 0.3) is 11.4 Å². The molecule has 2 heterocycles. The molecule has 240 valence electrons. The van der Waals surface area contributed by atoms with Crippen LogP contribution in [-0.4, -0.2) is 21.1 Å². The number of Topliss-reactive ketones (excluding diaryl/α,β-unsaturated/α-hetero) is 1. The Kier molecular flexibility index (Phi) is 7.06. The minimum absolute atomic E-state index is 0.0135. The van der Waals surface area contributed by atoms with Crippen molar-refractivity contribution in [2.24, 2.45) is 0 Å². The lowest BCUT2D eigenvalue weighted by molar-refractivity contribution is -0.138. The molecule has 6 nitrogen and oxygen atoms in total. The second kappa shape index (κ2) is 11.1. The van der Waals surface area contributed by atoms with Gasteiger partial charge in [-0.2, -0.15) is 13.2 Å². The number of alkyl halides is 3. The number of carbonyl (C=O) groups is 1. The highest BCUT2D eigenvalue weighted by molar-refractivity contribution is 7.80. The smallest absolute Gasteiger partial charge is 0.384 e. The average molecular weight is 681 g/mol. The van der Waals surface area contributed by atoms with E-state index >= 15 is 0 Å². The molecule has 0 bridgehead atoms. The third-order valence-electron chi connectivity index (χ3n) is 9.66. The number of nitrogens with one attached hydrogen (secondary N) is 4. The number of thiocarbonyl (C=S) groups is 2. The Morgan fingerprint density at radius 1 is 0.729 bits per heavy atom. The lowest BCUT2D eigenvalue weighted by atomic mass is 9.83. The van der Waals surface area contributed by atoms with Gasteiger partial charge in [-0.05, 0) is 58.3 Å². The summed E-state index contributed by atoms with van der Waals surface area (Å²) in [7, 11) is 0. The maximum Gasteiger partial charge on any atom is 0.416 e. The van der Waals surface area contributed by atoms with Gasteiger partial charge in [-0.3, -0.25) is 4.79 Å². The molecule has 0 saturated heterocycles. The van der Waals surface area contributed by atoms with Gasteiger partial charge in [0.2, 0.25) is 0 Å². The second-order valence-corrected chi connectivity index (χ2v) is 13.1. The lowest BCUT2D eigenvalue weighted by Crippen LogP contribution is -2.43. The Hall–Kier alpha value is -4.84. The quantitative estimate of drug-likeness (QED) is 0.148. The van der Waals surface area contributed by atoms with Crippen molar-refractivity contribution in [1.29, 1.82) is 0 Å². The number of fused-ring (bicyclic) bond motifs is 4. The van der Waals surface area contributed by atoms with Crippen LogP contribution in [-0.2, 0) is 6.18 Å². The fraction of sp³-hybridized carbons (Fsp3) is 0.162. The average Bonchev–Trinajstić information content (AvgIpc) is 3.53. The highest BCUT2D eigenvalue weighted by Crippen LogP contribution is 2.50. The van der Waals surface area contributed by atoms with Crippen molar-refractivity contribution in [2.45, 2.75) is 37.2 Å². The van der Waals surface area contributed by atoms with Crippen LogP contribution >= 0.6 is 24.4 Å². The first-order chi connectivity index (χ1) is 23.0. The molecule has 0 spiro atoms. The van der Waals surface area contributed by atoms with E-state index < -0.39 is 29.9 Å². The first-order valence-corrected chi connectivity index (χ1v) is 16.2. The number of aliphatic hydroxyl groups is 1. The Labute approximate surface area is 284 Å². The van der Waals surface area contributed by atoms with Crippen LogP contribution in [0.4, 0.5) is 13.2 Å². The van der Waals surface area contributed by atoms with E-state index in [9.17, 15) is 23.1 Å². The molecule has 4 aromatic rings. The van der Waals surface area contributed by atoms with E-state index in [4.69, 9.17) is 24.4 Å². The fourth-order valence-corrected chi connectivity index (χ4v) is 7.90. The predicted octanol–water partition coefficient (Wildman–Crippen LogP) is 6.96. The molecular weight excluding hydrogens is 654 g/mol. The van der Waals surface area contributed by atoms with Crippen molar-refractivity contribution >= 4 is 51.8 Å². The monoisotopic (exact) mass is 680 g/mol. The molecule has 2 aliphatic heterocycles. The van der Waals surface area contributed by atoms with Gasteiger partial charge in [-0.1, -0.05) is 91.9 Å². The van der Waals surface area contributed by atoms with E-state index in [1.165, 1.54) is 12.1 Å². The summed E-state index contributed by atoms with van der Waals surface area (Å²) in [6.07, 6.45) is -5.77. The van der Waals surface area contributed by atoms with Crippen molar-refractivity contribution < 1.29 is 23.1 Å². The third-order valence-corrected chi connectivity index (χ3v) is 10.1. The molecule has 0 fully saturated rings. The molecule has 0 aromatic heterocycles. The van der Waals surface area contributed by atoms with Crippen LogP contribution in [0, 0.1) is 0 Å². The number of benzene rings is 4. The van der Waals surface area contributed by atoms with E-state index in [0.29, 0.717) is 44.3 Å². The Morgan fingerprint density at radius 3 is 2.10 bits per heavy atom. The highest BCUT2D eigenvalue weighted by atomic mass is 32.1. The molecule has 8 rings (SSSR count). The summed E-state index contributed by atoms with van der Waals surface area (Å²) in [6.45, 7) is 2.05. The Bertz CT molecular complexity index is 2160. The summed E-state index contributed by atoms with van der Waals surface area (Å²) < 4.78 is 42.2. The van der Waals surface area contributed by atoms with Crippen LogP contribution in [0.3, 0.4) is 0 Å². The fourth-order valence-electron chi connectivity index (χ4n) is 7.46. The van der Waals surface area contributed by atoms with Crippen molar-refractivity contribution in [1.82, 2.24) is 21.3 Å². The van der Waals surface area contributed by atoms with Gasteiger partial charge in [0.25, 0.3) is 0 Å². The summed E-state index contributed by atoms with van der Waals surface area (Å²) in [5.74, 6) is -0.257. The minimum atomic E-state index is -4.59. The summed E-state index contributed by atoms with van der Waals surface area (Å²) in [5.41, 5.74) is 6.82. The number of hydrogen-bond acceptors (Lipinski definition) is 4. The molecular formula is C37H27F3N4O2S2. The summed E-state index contributed by atoms with van der Waals surface area (Å²) in [6, 6.07) is 24.9. The van der Waals surface area contributed by atoms with E-state index in [-0.39, 0.29) is 22.4 Å². The SMILES string of the molecule is CC(c1ccc2c(c1)C(O)C1=C2NC(=S)NC1c1ccccc1C(F)(F)F)c1ccccc1C1NC(=S)NC2=C1C(=O)c1ccccc12. The van der Waals surface area contributed by atoms with Crippen LogP contribution < -0.4 is 21.3 Å². The van der Waals surface area contributed by atoms with Crippen LogP contribution in [0.2, 0.25) is 0 Å². The number of rotatable bonds is 4. The Balaban J connectivity index is 1.17. The van der Waals surface area contributed by atoms with E-state index in [1.54, 1.807) is 6.07 Å².